The van der Waals surface area contributed by atoms with Crippen LogP contribution in [0.4, 0.5) is 5.82 Å². The SMILES string of the molecule is Cn1c(N)c(O)c2cc3ccsc3cc21. The van der Waals surface area contributed by atoms with E-state index < -0.39 is 0 Å². The van der Waals surface area contributed by atoms with Crippen molar-refractivity contribution in [1.82, 2.24) is 4.57 Å². The monoisotopic (exact) mass is 218 g/mol. The van der Waals surface area contributed by atoms with Crippen LogP contribution in [0.5, 0.6) is 5.75 Å². The summed E-state index contributed by atoms with van der Waals surface area (Å²) in [6.07, 6.45) is 0. The lowest BCUT2D eigenvalue weighted by Crippen LogP contribution is -1.94. The van der Waals surface area contributed by atoms with Gasteiger partial charge in [0.1, 0.15) is 5.82 Å². The second-order valence-electron chi connectivity index (χ2n) is 3.62. The van der Waals surface area contributed by atoms with Crippen molar-refractivity contribution in [2.24, 2.45) is 7.05 Å². The third kappa shape index (κ3) is 0.995. The van der Waals surface area contributed by atoms with Gasteiger partial charge in [0.2, 0.25) is 0 Å². The number of rotatable bonds is 0. The van der Waals surface area contributed by atoms with E-state index >= 15 is 0 Å². The third-order valence-corrected chi connectivity index (χ3v) is 3.67. The van der Waals surface area contributed by atoms with Crippen molar-refractivity contribution in [3.63, 3.8) is 0 Å². The number of nitrogens with zero attached hydrogens (tertiary/aromatic N) is 1. The summed E-state index contributed by atoms with van der Waals surface area (Å²) in [5, 5.41) is 13.8. The number of nitrogens with two attached hydrogens (primary N) is 1. The summed E-state index contributed by atoms with van der Waals surface area (Å²) in [5.74, 6) is 0.600. The first-order chi connectivity index (χ1) is 7.18. The molecule has 3 N–H and O–H groups in total. The molecule has 0 fully saturated rings. The number of hydrogen-bond acceptors (Lipinski definition) is 3. The predicted octanol–water partition coefficient (Wildman–Crippen LogP) is 2.68. The molecule has 0 saturated heterocycles. The van der Waals surface area contributed by atoms with Gasteiger partial charge in [-0.25, -0.2) is 0 Å². The Bertz CT molecular complexity index is 612. The van der Waals surface area contributed by atoms with Crippen molar-refractivity contribution in [2.75, 3.05) is 5.73 Å². The van der Waals surface area contributed by atoms with Crippen LogP contribution in [0.1, 0.15) is 0 Å². The van der Waals surface area contributed by atoms with Crippen molar-refractivity contribution in [3.05, 3.63) is 23.6 Å². The molecule has 4 heteroatoms. The molecule has 0 atom stereocenters. The van der Waals surface area contributed by atoms with Gasteiger partial charge < -0.3 is 15.4 Å². The van der Waals surface area contributed by atoms with Crippen LogP contribution in [0.25, 0.3) is 21.0 Å². The minimum absolute atomic E-state index is 0.181. The van der Waals surface area contributed by atoms with E-state index in [9.17, 15) is 5.11 Å². The second kappa shape index (κ2) is 2.67. The Labute approximate surface area is 90.4 Å². The van der Waals surface area contributed by atoms with E-state index in [-0.39, 0.29) is 5.75 Å². The highest BCUT2D eigenvalue weighted by atomic mass is 32.1. The maximum absolute atomic E-state index is 9.83. The number of fused-ring (bicyclic) bond motifs is 2. The van der Waals surface area contributed by atoms with Crippen molar-refractivity contribution < 1.29 is 5.11 Å². The minimum Gasteiger partial charge on any atom is -0.504 e. The smallest absolute Gasteiger partial charge is 0.165 e. The fourth-order valence-corrected chi connectivity index (χ4v) is 2.70. The topological polar surface area (TPSA) is 51.2 Å². The molecular formula is C11H10N2OS. The molecule has 0 spiro atoms. The number of anilines is 1. The molecule has 0 radical (unpaired) electrons. The van der Waals surface area contributed by atoms with Crippen LogP contribution in [-0.2, 0) is 7.05 Å². The van der Waals surface area contributed by atoms with E-state index in [0.717, 1.165) is 16.3 Å². The van der Waals surface area contributed by atoms with Gasteiger partial charge in [0.15, 0.2) is 5.75 Å². The van der Waals surface area contributed by atoms with Gasteiger partial charge >= 0.3 is 0 Å². The lowest BCUT2D eigenvalue weighted by atomic mass is 10.2. The maximum Gasteiger partial charge on any atom is 0.165 e. The molecule has 0 unspecified atom stereocenters. The normalized spacial score (nSPS) is 11.5. The Kier molecular flexibility index (Phi) is 1.53. The minimum atomic E-state index is 0.181. The van der Waals surface area contributed by atoms with Gasteiger partial charge in [0.05, 0.1) is 5.52 Å². The maximum atomic E-state index is 9.83. The highest BCUT2D eigenvalue weighted by molar-refractivity contribution is 7.17. The zero-order valence-corrected chi connectivity index (χ0v) is 9.01. The zero-order chi connectivity index (χ0) is 10.6. The number of benzene rings is 1. The summed E-state index contributed by atoms with van der Waals surface area (Å²) in [6.45, 7) is 0. The summed E-state index contributed by atoms with van der Waals surface area (Å²) in [5.41, 5.74) is 6.73. The van der Waals surface area contributed by atoms with Crippen molar-refractivity contribution in [3.8, 4) is 5.75 Å². The molecule has 0 aliphatic heterocycles. The van der Waals surface area contributed by atoms with Crippen LogP contribution >= 0.6 is 11.3 Å². The van der Waals surface area contributed by atoms with Crippen molar-refractivity contribution in [1.29, 1.82) is 0 Å². The number of nitrogen functional groups attached to an aromatic ring is 1. The Morgan fingerprint density at radius 1 is 1.40 bits per heavy atom. The molecule has 76 valence electrons. The molecule has 0 bridgehead atoms. The van der Waals surface area contributed by atoms with Crippen LogP contribution in [0.2, 0.25) is 0 Å². The van der Waals surface area contributed by atoms with Crippen LogP contribution < -0.4 is 5.73 Å². The fraction of sp³-hybridized carbons (Fsp3) is 0.0909. The molecule has 3 nitrogen and oxygen atoms in total. The van der Waals surface area contributed by atoms with E-state index in [2.05, 4.69) is 6.07 Å². The van der Waals surface area contributed by atoms with Crippen molar-refractivity contribution >= 4 is 38.1 Å². The quantitative estimate of drug-likeness (QED) is 0.609. The van der Waals surface area contributed by atoms with Gasteiger partial charge in [-0.15, -0.1) is 11.3 Å². The average molecular weight is 218 g/mol. The molecule has 2 aromatic heterocycles. The summed E-state index contributed by atoms with van der Waals surface area (Å²) in [7, 11) is 1.86. The number of hydrogen-bond donors (Lipinski definition) is 2. The largest absolute Gasteiger partial charge is 0.504 e. The zero-order valence-electron chi connectivity index (χ0n) is 8.19. The van der Waals surface area contributed by atoms with E-state index in [1.165, 1.54) is 4.70 Å². The Balaban J connectivity index is 2.59. The highest BCUT2D eigenvalue weighted by Gasteiger charge is 2.12. The van der Waals surface area contributed by atoms with E-state index in [0.29, 0.717) is 5.82 Å². The Morgan fingerprint density at radius 2 is 2.20 bits per heavy atom. The molecule has 1 aromatic carbocycles. The van der Waals surface area contributed by atoms with Crippen molar-refractivity contribution in [2.45, 2.75) is 0 Å². The molecule has 3 rings (SSSR count). The van der Waals surface area contributed by atoms with Crippen LogP contribution in [0.3, 0.4) is 0 Å². The van der Waals surface area contributed by atoms with Gasteiger partial charge in [0, 0.05) is 17.1 Å². The molecule has 15 heavy (non-hydrogen) atoms. The predicted molar refractivity (Wildman–Crippen MR) is 64.4 cm³/mol. The molecule has 3 aromatic rings. The molecule has 0 amide bonds. The van der Waals surface area contributed by atoms with Gasteiger partial charge in [-0.1, -0.05) is 0 Å². The average Bonchev–Trinajstić information content (AvgIpc) is 2.77. The third-order valence-electron chi connectivity index (χ3n) is 2.79. The molecular weight excluding hydrogens is 208 g/mol. The Hall–Kier alpha value is -1.68. The number of aromatic nitrogens is 1. The first-order valence-corrected chi connectivity index (χ1v) is 5.50. The first-order valence-electron chi connectivity index (χ1n) is 4.62. The van der Waals surface area contributed by atoms with Crippen LogP contribution in [-0.4, -0.2) is 9.67 Å². The van der Waals surface area contributed by atoms with Gasteiger partial charge in [-0.05, 0) is 29.0 Å². The molecule has 0 saturated carbocycles. The number of aromatic hydroxyl groups is 1. The first kappa shape index (κ1) is 8.61. The molecule has 0 aliphatic rings. The Morgan fingerprint density at radius 3 is 3.00 bits per heavy atom. The van der Waals surface area contributed by atoms with Gasteiger partial charge in [-0.3, -0.25) is 0 Å². The van der Waals surface area contributed by atoms with Gasteiger partial charge in [-0.2, -0.15) is 0 Å². The van der Waals surface area contributed by atoms with Gasteiger partial charge in [0.25, 0.3) is 0 Å². The lowest BCUT2D eigenvalue weighted by Gasteiger charge is -1.97. The summed E-state index contributed by atoms with van der Waals surface area (Å²) in [6, 6.07) is 6.08. The van der Waals surface area contributed by atoms with Crippen LogP contribution in [0.15, 0.2) is 23.6 Å². The van der Waals surface area contributed by atoms with E-state index in [1.807, 2.05) is 29.1 Å². The summed E-state index contributed by atoms with van der Waals surface area (Å²) >= 11 is 1.69. The van der Waals surface area contributed by atoms with E-state index in [4.69, 9.17) is 5.73 Å². The fourth-order valence-electron chi connectivity index (χ4n) is 1.89. The number of aryl methyl sites for hydroxylation is 1. The lowest BCUT2D eigenvalue weighted by molar-refractivity contribution is 0.483. The second-order valence-corrected chi connectivity index (χ2v) is 4.57. The number of thiophene rings is 1. The van der Waals surface area contributed by atoms with Crippen LogP contribution in [0, 0.1) is 0 Å². The summed E-state index contributed by atoms with van der Waals surface area (Å²) in [4.78, 5) is 0. The molecule has 0 aliphatic carbocycles. The highest BCUT2D eigenvalue weighted by Crippen LogP contribution is 2.37. The standard InChI is InChI=1S/C11H10N2OS/c1-13-8-5-9-6(2-3-15-9)4-7(8)10(14)11(13)12/h2-5,14H,12H2,1H3. The van der Waals surface area contributed by atoms with E-state index in [1.54, 1.807) is 11.3 Å². The molecule has 2 heterocycles. The summed E-state index contributed by atoms with van der Waals surface area (Å²) < 4.78 is 3.02.